The van der Waals surface area contributed by atoms with Crippen LogP contribution in [-0.2, 0) is 16.9 Å². The van der Waals surface area contributed by atoms with Crippen LogP contribution in [-0.4, -0.2) is 40.0 Å². The van der Waals surface area contributed by atoms with Gasteiger partial charge in [0.1, 0.15) is 5.54 Å². The largest absolute Gasteiger partial charge is 0.354 e. The van der Waals surface area contributed by atoms with Gasteiger partial charge in [-0.05, 0) is 49.6 Å². The average molecular weight is 344 g/mol. The van der Waals surface area contributed by atoms with Crippen LogP contribution < -0.4 is 5.32 Å². The molecule has 24 heavy (non-hydrogen) atoms. The predicted molar refractivity (Wildman–Crippen MR) is 94.8 cm³/mol. The molecule has 2 aromatic heterocycles. The van der Waals surface area contributed by atoms with Crippen LogP contribution in [0.4, 0.5) is 0 Å². The zero-order valence-corrected chi connectivity index (χ0v) is 14.7. The van der Waals surface area contributed by atoms with Crippen LogP contribution in [0.3, 0.4) is 0 Å². The van der Waals surface area contributed by atoms with Gasteiger partial charge >= 0.3 is 0 Å². The Morgan fingerprint density at radius 2 is 2.38 bits per heavy atom. The number of amides is 1. The van der Waals surface area contributed by atoms with E-state index in [1.165, 1.54) is 17.7 Å². The summed E-state index contributed by atoms with van der Waals surface area (Å²) >= 11 is 1.78. The number of imidazole rings is 1. The predicted octanol–water partition coefficient (Wildman–Crippen LogP) is 2.46. The molecule has 1 atom stereocenters. The van der Waals surface area contributed by atoms with Crippen LogP contribution in [0, 0.1) is 5.92 Å². The number of carbonyl (C=O) groups excluding carboxylic acids is 1. The van der Waals surface area contributed by atoms with E-state index in [1.54, 1.807) is 23.9 Å². The molecule has 1 N–H and O–H groups in total. The summed E-state index contributed by atoms with van der Waals surface area (Å²) in [5.74, 6) is 0.850. The van der Waals surface area contributed by atoms with Crippen LogP contribution in [0.5, 0.6) is 0 Å². The maximum absolute atomic E-state index is 13.1. The van der Waals surface area contributed by atoms with Gasteiger partial charge in [0.2, 0.25) is 5.91 Å². The van der Waals surface area contributed by atoms with E-state index >= 15 is 0 Å². The molecule has 0 radical (unpaired) electrons. The highest BCUT2D eigenvalue weighted by atomic mass is 32.1. The highest BCUT2D eigenvalue weighted by Gasteiger charge is 2.44. The molecule has 1 aliphatic carbocycles. The van der Waals surface area contributed by atoms with Gasteiger partial charge in [0, 0.05) is 36.9 Å². The van der Waals surface area contributed by atoms with Crippen LogP contribution in [0.2, 0.25) is 0 Å². The Labute approximate surface area is 146 Å². The lowest BCUT2D eigenvalue weighted by molar-refractivity contribution is -0.133. The van der Waals surface area contributed by atoms with Gasteiger partial charge in [0.15, 0.2) is 0 Å². The van der Waals surface area contributed by atoms with Gasteiger partial charge in [-0.2, -0.15) is 0 Å². The minimum Gasteiger partial charge on any atom is -0.354 e. The maximum atomic E-state index is 13.1. The lowest BCUT2D eigenvalue weighted by Gasteiger charge is -2.42. The number of nitrogens with zero attached hydrogens (tertiary/aromatic N) is 3. The molecule has 6 heteroatoms. The normalized spacial score (nSPS) is 24.8. The number of piperidine rings is 1. The van der Waals surface area contributed by atoms with Crippen molar-refractivity contribution in [3.63, 3.8) is 0 Å². The standard InChI is InChI=1S/C18H24N4OS/c23-17(20-11-15-4-5-15)18(22-9-7-19-14-22)6-2-8-21(13-18)12-16-3-1-10-24-16/h1,3,7,9-10,14-15H,2,4-6,8,11-13H2,(H,20,23). The SMILES string of the molecule is O=C(NCC1CC1)C1(n2ccnc2)CCCN(Cc2cccs2)C1. The number of aromatic nitrogens is 2. The number of likely N-dealkylation sites (tertiary alicyclic amines) is 1. The summed E-state index contributed by atoms with van der Waals surface area (Å²) in [7, 11) is 0. The fourth-order valence-corrected chi connectivity index (χ4v) is 4.38. The highest BCUT2D eigenvalue weighted by Crippen LogP contribution is 2.32. The number of nitrogens with one attached hydrogen (secondary N) is 1. The highest BCUT2D eigenvalue weighted by molar-refractivity contribution is 7.09. The third kappa shape index (κ3) is 3.26. The van der Waals surface area contributed by atoms with Gasteiger partial charge in [-0.25, -0.2) is 4.98 Å². The second-order valence-electron chi connectivity index (χ2n) is 7.05. The fraction of sp³-hybridized carbons (Fsp3) is 0.556. The molecule has 1 unspecified atom stereocenters. The lowest BCUT2D eigenvalue weighted by Crippen LogP contribution is -2.58. The van der Waals surface area contributed by atoms with Gasteiger partial charge in [-0.3, -0.25) is 9.69 Å². The van der Waals surface area contributed by atoms with Crippen molar-refractivity contribution >= 4 is 17.2 Å². The summed E-state index contributed by atoms with van der Waals surface area (Å²) in [6.45, 7) is 3.53. The van der Waals surface area contributed by atoms with Crippen molar-refractivity contribution < 1.29 is 4.79 Å². The smallest absolute Gasteiger partial charge is 0.247 e. The van der Waals surface area contributed by atoms with Crippen LogP contribution in [0.1, 0.15) is 30.6 Å². The monoisotopic (exact) mass is 344 g/mol. The van der Waals surface area contributed by atoms with E-state index in [2.05, 4.69) is 32.7 Å². The van der Waals surface area contributed by atoms with E-state index in [1.807, 2.05) is 10.8 Å². The summed E-state index contributed by atoms with van der Waals surface area (Å²) in [5, 5.41) is 5.33. The van der Waals surface area contributed by atoms with Crippen molar-refractivity contribution in [2.24, 2.45) is 5.92 Å². The van der Waals surface area contributed by atoms with Crippen molar-refractivity contribution in [2.45, 2.75) is 37.8 Å². The first-order valence-corrected chi connectivity index (χ1v) is 9.66. The Morgan fingerprint density at radius 3 is 3.08 bits per heavy atom. The van der Waals surface area contributed by atoms with Crippen molar-refractivity contribution in [3.05, 3.63) is 41.1 Å². The van der Waals surface area contributed by atoms with Gasteiger partial charge in [-0.1, -0.05) is 6.07 Å². The fourth-order valence-electron chi connectivity index (χ4n) is 3.63. The van der Waals surface area contributed by atoms with Crippen LogP contribution >= 0.6 is 11.3 Å². The number of thiophene rings is 1. The molecule has 0 bridgehead atoms. The third-order valence-corrected chi connectivity index (χ3v) is 6.04. The number of carbonyl (C=O) groups is 1. The first-order valence-electron chi connectivity index (χ1n) is 8.78. The molecule has 1 saturated carbocycles. The molecule has 1 saturated heterocycles. The first kappa shape index (κ1) is 15.8. The van der Waals surface area contributed by atoms with Crippen LogP contribution in [0.25, 0.3) is 0 Å². The van der Waals surface area contributed by atoms with E-state index in [-0.39, 0.29) is 5.91 Å². The second-order valence-corrected chi connectivity index (χ2v) is 8.08. The van der Waals surface area contributed by atoms with Crippen molar-refractivity contribution in [2.75, 3.05) is 19.6 Å². The van der Waals surface area contributed by atoms with E-state index in [0.717, 1.165) is 39.0 Å². The molecule has 2 fully saturated rings. The van der Waals surface area contributed by atoms with Crippen molar-refractivity contribution in [3.8, 4) is 0 Å². The third-order valence-electron chi connectivity index (χ3n) is 5.18. The first-order chi connectivity index (χ1) is 11.8. The minimum absolute atomic E-state index is 0.156. The van der Waals surface area contributed by atoms with Crippen molar-refractivity contribution in [1.82, 2.24) is 19.8 Å². The van der Waals surface area contributed by atoms with Gasteiger partial charge in [-0.15, -0.1) is 11.3 Å². The Bertz CT molecular complexity index is 665. The molecule has 0 spiro atoms. The molecular formula is C18H24N4OS. The molecular weight excluding hydrogens is 320 g/mol. The molecule has 2 aromatic rings. The van der Waals surface area contributed by atoms with E-state index in [4.69, 9.17) is 0 Å². The Balaban J connectivity index is 1.53. The molecule has 1 aliphatic heterocycles. The summed E-state index contributed by atoms with van der Waals surface area (Å²) in [5.41, 5.74) is -0.527. The summed E-state index contributed by atoms with van der Waals surface area (Å²) in [6, 6.07) is 4.26. The van der Waals surface area contributed by atoms with Gasteiger partial charge < -0.3 is 9.88 Å². The van der Waals surface area contributed by atoms with Crippen molar-refractivity contribution in [1.29, 1.82) is 0 Å². The van der Waals surface area contributed by atoms with Crippen LogP contribution in [0.15, 0.2) is 36.2 Å². The molecule has 2 aliphatic rings. The average Bonchev–Trinajstić information content (AvgIpc) is 3.03. The zero-order chi connectivity index (χ0) is 16.4. The van der Waals surface area contributed by atoms with Gasteiger partial charge in [0.25, 0.3) is 0 Å². The molecule has 1 amide bonds. The zero-order valence-electron chi connectivity index (χ0n) is 13.9. The van der Waals surface area contributed by atoms with E-state index < -0.39 is 5.54 Å². The Morgan fingerprint density at radius 1 is 1.46 bits per heavy atom. The maximum Gasteiger partial charge on any atom is 0.247 e. The summed E-state index contributed by atoms with van der Waals surface area (Å²) in [4.78, 5) is 21.1. The van der Waals surface area contributed by atoms with Gasteiger partial charge in [0.05, 0.1) is 6.33 Å². The van der Waals surface area contributed by atoms with E-state index in [0.29, 0.717) is 5.92 Å². The second kappa shape index (κ2) is 6.69. The quantitative estimate of drug-likeness (QED) is 0.876. The molecule has 3 heterocycles. The minimum atomic E-state index is -0.527. The molecule has 5 nitrogen and oxygen atoms in total. The molecule has 128 valence electrons. The Kier molecular flexibility index (Phi) is 4.41. The van der Waals surface area contributed by atoms with E-state index in [9.17, 15) is 4.79 Å². The Hall–Kier alpha value is -1.66. The summed E-state index contributed by atoms with van der Waals surface area (Å²) < 4.78 is 2.02. The number of rotatable bonds is 6. The molecule has 0 aromatic carbocycles. The number of hydrogen-bond acceptors (Lipinski definition) is 4. The summed E-state index contributed by atoms with van der Waals surface area (Å²) in [6.07, 6.45) is 9.91. The topological polar surface area (TPSA) is 50.2 Å². The number of hydrogen-bond donors (Lipinski definition) is 1. The molecule has 4 rings (SSSR count). The lowest BCUT2D eigenvalue weighted by atomic mass is 9.87.